The Hall–Kier alpha value is -3.52. The molecule has 1 fully saturated rings. The molecule has 0 saturated carbocycles. The number of nitrogens with zero attached hydrogens (tertiary/aromatic N) is 2. The van der Waals surface area contributed by atoms with Crippen molar-refractivity contribution < 1.29 is 14.4 Å². The van der Waals surface area contributed by atoms with E-state index in [1.54, 1.807) is 42.5 Å². The fourth-order valence-electron chi connectivity index (χ4n) is 3.69. The first-order valence-electron chi connectivity index (χ1n) is 10.3. The van der Waals surface area contributed by atoms with Crippen LogP contribution in [0.4, 0.5) is 4.79 Å². The zero-order chi connectivity index (χ0) is 22.7. The summed E-state index contributed by atoms with van der Waals surface area (Å²) in [4.78, 5) is 43.1. The molecule has 8 heteroatoms. The average molecular weight is 449 g/mol. The summed E-state index contributed by atoms with van der Waals surface area (Å²) in [5.74, 6) is -0.808. The summed E-state index contributed by atoms with van der Waals surface area (Å²) in [6.45, 7) is 3.73. The second-order valence-corrected chi connectivity index (χ2v) is 8.92. The first-order chi connectivity index (χ1) is 15.4. The third kappa shape index (κ3) is 4.40. The van der Waals surface area contributed by atoms with E-state index < -0.39 is 17.5 Å². The molecule has 4 rings (SSSR count). The SMILES string of the molecule is Cc1nc(-c2ccc(CCNC(=O)CN3C(=O)N[C@](C)(c4ccccc4)C3=O)cc2)cs1. The molecule has 0 radical (unpaired) electrons. The minimum Gasteiger partial charge on any atom is -0.354 e. The number of thiazole rings is 1. The molecule has 0 bridgehead atoms. The van der Waals surface area contributed by atoms with Crippen LogP contribution in [0, 0.1) is 6.92 Å². The van der Waals surface area contributed by atoms with E-state index in [1.807, 2.05) is 42.6 Å². The van der Waals surface area contributed by atoms with Crippen molar-refractivity contribution in [1.82, 2.24) is 20.5 Å². The van der Waals surface area contributed by atoms with Crippen LogP contribution in [0.15, 0.2) is 60.0 Å². The Balaban J connectivity index is 1.29. The highest BCUT2D eigenvalue weighted by atomic mass is 32.1. The Morgan fingerprint density at radius 2 is 1.84 bits per heavy atom. The third-order valence-corrected chi connectivity index (χ3v) is 6.31. The summed E-state index contributed by atoms with van der Waals surface area (Å²) < 4.78 is 0. The van der Waals surface area contributed by atoms with E-state index >= 15 is 0 Å². The van der Waals surface area contributed by atoms with Crippen LogP contribution < -0.4 is 10.6 Å². The van der Waals surface area contributed by atoms with Gasteiger partial charge in [-0.05, 0) is 31.4 Å². The van der Waals surface area contributed by atoms with Gasteiger partial charge in [-0.15, -0.1) is 11.3 Å². The molecule has 1 aliphatic heterocycles. The molecule has 164 valence electrons. The smallest absolute Gasteiger partial charge is 0.325 e. The number of imide groups is 1. The van der Waals surface area contributed by atoms with Gasteiger partial charge in [0.05, 0.1) is 10.7 Å². The molecule has 0 aliphatic carbocycles. The summed E-state index contributed by atoms with van der Waals surface area (Å²) in [6, 6.07) is 16.5. The number of aromatic nitrogens is 1. The number of carbonyl (C=O) groups is 3. The van der Waals surface area contributed by atoms with Crippen LogP contribution in [0.5, 0.6) is 0 Å². The minimum atomic E-state index is -1.17. The topological polar surface area (TPSA) is 91.4 Å². The predicted molar refractivity (Wildman–Crippen MR) is 123 cm³/mol. The van der Waals surface area contributed by atoms with Gasteiger partial charge in [0.15, 0.2) is 0 Å². The van der Waals surface area contributed by atoms with Gasteiger partial charge >= 0.3 is 6.03 Å². The highest BCUT2D eigenvalue weighted by Crippen LogP contribution is 2.28. The number of benzene rings is 2. The molecular formula is C24H24N4O3S. The summed E-state index contributed by atoms with van der Waals surface area (Å²) >= 11 is 1.62. The van der Waals surface area contributed by atoms with Crippen LogP contribution in [-0.4, -0.2) is 40.8 Å². The molecule has 0 spiro atoms. The van der Waals surface area contributed by atoms with E-state index in [-0.39, 0.29) is 12.5 Å². The maximum Gasteiger partial charge on any atom is 0.325 e. The molecular weight excluding hydrogens is 424 g/mol. The lowest BCUT2D eigenvalue weighted by atomic mass is 9.92. The summed E-state index contributed by atoms with van der Waals surface area (Å²) in [5, 5.41) is 8.56. The van der Waals surface area contributed by atoms with Crippen LogP contribution in [-0.2, 0) is 21.5 Å². The second-order valence-electron chi connectivity index (χ2n) is 7.86. The number of hydrogen-bond donors (Lipinski definition) is 2. The molecule has 0 unspecified atom stereocenters. The van der Waals surface area contributed by atoms with Gasteiger partial charge in [0.25, 0.3) is 5.91 Å². The lowest BCUT2D eigenvalue weighted by molar-refractivity contribution is -0.134. The van der Waals surface area contributed by atoms with Crippen LogP contribution in [0.3, 0.4) is 0 Å². The van der Waals surface area contributed by atoms with Gasteiger partial charge in [-0.3, -0.25) is 14.5 Å². The standard InChI is InChI=1S/C24H24N4O3S/c1-16-26-20(15-32-16)18-10-8-17(9-11-18)12-13-25-21(29)14-28-22(30)24(2,27-23(28)31)19-6-4-3-5-7-19/h3-11,15H,12-14H2,1-2H3,(H,25,29)(H,27,31)/t24-/m1/s1. The van der Waals surface area contributed by atoms with Gasteiger partial charge in [-0.25, -0.2) is 9.78 Å². The lowest BCUT2D eigenvalue weighted by Gasteiger charge is -2.22. The number of rotatable bonds is 7. The van der Waals surface area contributed by atoms with E-state index in [0.717, 1.165) is 26.7 Å². The zero-order valence-corrected chi connectivity index (χ0v) is 18.7. The molecule has 4 amide bonds. The molecule has 32 heavy (non-hydrogen) atoms. The zero-order valence-electron chi connectivity index (χ0n) is 17.9. The van der Waals surface area contributed by atoms with Crippen molar-refractivity contribution in [1.29, 1.82) is 0 Å². The molecule has 2 aromatic carbocycles. The largest absolute Gasteiger partial charge is 0.354 e. The first kappa shape index (κ1) is 21.7. The van der Waals surface area contributed by atoms with Crippen molar-refractivity contribution in [3.8, 4) is 11.3 Å². The van der Waals surface area contributed by atoms with E-state index in [9.17, 15) is 14.4 Å². The number of carbonyl (C=O) groups excluding carboxylic acids is 3. The van der Waals surface area contributed by atoms with Crippen molar-refractivity contribution in [3.63, 3.8) is 0 Å². The fourth-order valence-corrected chi connectivity index (χ4v) is 4.31. The number of aryl methyl sites for hydroxylation is 1. The lowest BCUT2D eigenvalue weighted by Crippen LogP contribution is -2.43. The van der Waals surface area contributed by atoms with Gasteiger partial charge in [0, 0.05) is 17.5 Å². The highest BCUT2D eigenvalue weighted by Gasteiger charge is 2.49. The Morgan fingerprint density at radius 1 is 1.12 bits per heavy atom. The molecule has 1 aliphatic rings. The quantitative estimate of drug-likeness (QED) is 0.543. The molecule has 1 saturated heterocycles. The molecule has 2 heterocycles. The Morgan fingerprint density at radius 3 is 2.50 bits per heavy atom. The number of nitrogens with one attached hydrogen (secondary N) is 2. The van der Waals surface area contributed by atoms with E-state index in [4.69, 9.17) is 0 Å². The number of urea groups is 1. The molecule has 7 nitrogen and oxygen atoms in total. The molecule has 1 atom stereocenters. The third-order valence-electron chi connectivity index (χ3n) is 5.53. The van der Waals surface area contributed by atoms with Crippen molar-refractivity contribution in [2.75, 3.05) is 13.1 Å². The van der Waals surface area contributed by atoms with Crippen molar-refractivity contribution in [2.24, 2.45) is 0 Å². The normalized spacial score (nSPS) is 18.0. The first-order valence-corrected chi connectivity index (χ1v) is 11.2. The van der Waals surface area contributed by atoms with Gasteiger partial charge in [0.1, 0.15) is 12.1 Å². The average Bonchev–Trinajstić information content (AvgIpc) is 3.32. The Kier molecular flexibility index (Phi) is 6.05. The van der Waals surface area contributed by atoms with E-state index in [1.165, 1.54) is 0 Å². The highest BCUT2D eigenvalue weighted by molar-refractivity contribution is 7.09. The van der Waals surface area contributed by atoms with Crippen LogP contribution in [0.2, 0.25) is 0 Å². The van der Waals surface area contributed by atoms with Gasteiger partial charge < -0.3 is 10.6 Å². The molecule has 1 aromatic heterocycles. The number of amides is 4. The van der Waals surface area contributed by atoms with Crippen molar-refractivity contribution in [3.05, 3.63) is 76.1 Å². The van der Waals surface area contributed by atoms with Crippen LogP contribution >= 0.6 is 11.3 Å². The fraction of sp³-hybridized carbons (Fsp3) is 0.250. The summed E-state index contributed by atoms with van der Waals surface area (Å²) in [7, 11) is 0. The van der Waals surface area contributed by atoms with Gasteiger partial charge in [-0.1, -0.05) is 54.6 Å². The summed E-state index contributed by atoms with van der Waals surface area (Å²) in [5.41, 5.74) is 2.60. The monoisotopic (exact) mass is 448 g/mol. The Bertz CT molecular complexity index is 1140. The van der Waals surface area contributed by atoms with Gasteiger partial charge in [-0.2, -0.15) is 0 Å². The molecule has 2 N–H and O–H groups in total. The van der Waals surface area contributed by atoms with E-state index in [2.05, 4.69) is 15.6 Å². The van der Waals surface area contributed by atoms with Crippen LogP contribution in [0.1, 0.15) is 23.1 Å². The maximum atomic E-state index is 12.9. The Labute approximate surface area is 190 Å². The van der Waals surface area contributed by atoms with E-state index in [0.29, 0.717) is 18.5 Å². The predicted octanol–water partition coefficient (Wildman–Crippen LogP) is 3.24. The maximum absolute atomic E-state index is 12.9. The minimum absolute atomic E-state index is 0.310. The second kappa shape index (κ2) is 8.92. The van der Waals surface area contributed by atoms with Crippen molar-refractivity contribution in [2.45, 2.75) is 25.8 Å². The van der Waals surface area contributed by atoms with Gasteiger partial charge in [0.2, 0.25) is 5.91 Å². The van der Waals surface area contributed by atoms with Crippen molar-refractivity contribution >= 4 is 29.2 Å². The summed E-state index contributed by atoms with van der Waals surface area (Å²) in [6.07, 6.45) is 0.643. The number of hydrogen-bond acceptors (Lipinski definition) is 5. The van der Waals surface area contributed by atoms with Crippen LogP contribution in [0.25, 0.3) is 11.3 Å². The molecule has 3 aromatic rings.